The molecule has 1 aromatic heterocycles. The van der Waals surface area contributed by atoms with Gasteiger partial charge >= 0.3 is 0 Å². The number of hydrogen-bond donors (Lipinski definition) is 0. The van der Waals surface area contributed by atoms with Crippen LogP contribution in [-0.4, -0.2) is 17.3 Å². The summed E-state index contributed by atoms with van der Waals surface area (Å²) in [6.45, 7) is 0. The van der Waals surface area contributed by atoms with Crippen LogP contribution in [0.5, 0.6) is 0 Å². The fourth-order valence-corrected chi connectivity index (χ4v) is 2.52. The molecule has 0 spiro atoms. The molecule has 1 aromatic rings. The van der Waals surface area contributed by atoms with Crippen molar-refractivity contribution in [2.75, 3.05) is 0 Å². The summed E-state index contributed by atoms with van der Waals surface area (Å²) < 4.78 is 5.28. The van der Waals surface area contributed by atoms with Gasteiger partial charge in [0.2, 0.25) is 0 Å². The summed E-state index contributed by atoms with van der Waals surface area (Å²) in [5.41, 5.74) is 0.761. The van der Waals surface area contributed by atoms with Gasteiger partial charge in [-0.1, -0.05) is 0 Å². The zero-order valence-corrected chi connectivity index (χ0v) is 9.51. The molecule has 2 aliphatic carbocycles. The highest BCUT2D eigenvalue weighted by atomic mass is 16.3. The summed E-state index contributed by atoms with van der Waals surface area (Å²) in [6.07, 6.45) is 4.28. The number of carbonyl (C=O) groups is 3. The Kier molecular flexibility index (Phi) is 2.37. The lowest BCUT2D eigenvalue weighted by Crippen LogP contribution is -2.27. The second-order valence-electron chi connectivity index (χ2n) is 4.44. The van der Waals surface area contributed by atoms with Gasteiger partial charge in [-0.3, -0.25) is 14.4 Å². The minimum absolute atomic E-state index is 0.0356. The fourth-order valence-electron chi connectivity index (χ4n) is 2.52. The fraction of sp³-hybridized carbons (Fsp3) is 0.214. The maximum absolute atomic E-state index is 11.9. The Bertz CT molecular complexity index is 602. The van der Waals surface area contributed by atoms with E-state index in [0.29, 0.717) is 16.9 Å². The molecular formula is C14H10O4. The van der Waals surface area contributed by atoms with Crippen molar-refractivity contribution < 1.29 is 18.8 Å². The third kappa shape index (κ3) is 1.57. The Hall–Kier alpha value is -2.23. The van der Waals surface area contributed by atoms with Crippen molar-refractivity contribution in [3.05, 3.63) is 47.5 Å². The third-order valence-electron chi connectivity index (χ3n) is 3.31. The SMILES string of the molecule is O=C1CC2=C(C(=O)C=CC2=O)[C@@H](c2ccco2)C1. The van der Waals surface area contributed by atoms with Gasteiger partial charge in [-0.05, 0) is 24.3 Å². The van der Waals surface area contributed by atoms with Crippen LogP contribution in [0.1, 0.15) is 24.5 Å². The molecule has 0 saturated carbocycles. The topological polar surface area (TPSA) is 64.3 Å². The summed E-state index contributed by atoms with van der Waals surface area (Å²) in [5, 5.41) is 0. The van der Waals surface area contributed by atoms with Gasteiger partial charge in [0.15, 0.2) is 11.6 Å². The average molecular weight is 242 g/mol. The molecule has 3 rings (SSSR count). The second kappa shape index (κ2) is 3.91. The van der Waals surface area contributed by atoms with Crippen LogP contribution in [0.2, 0.25) is 0 Å². The number of Topliss-reactive ketones (excluding diaryl/α,β-unsaturated/α-hetero) is 1. The molecule has 0 saturated heterocycles. The zero-order valence-electron chi connectivity index (χ0n) is 9.51. The lowest BCUT2D eigenvalue weighted by Gasteiger charge is -2.25. The third-order valence-corrected chi connectivity index (χ3v) is 3.31. The molecule has 18 heavy (non-hydrogen) atoms. The molecule has 0 amide bonds. The molecule has 0 aliphatic heterocycles. The highest BCUT2D eigenvalue weighted by Crippen LogP contribution is 2.38. The molecule has 0 fully saturated rings. The Morgan fingerprint density at radius 2 is 1.89 bits per heavy atom. The molecule has 2 aliphatic rings. The minimum Gasteiger partial charge on any atom is -0.469 e. The van der Waals surface area contributed by atoms with Gasteiger partial charge in [-0.25, -0.2) is 0 Å². The first kappa shape index (κ1) is 10.9. The molecule has 90 valence electrons. The molecule has 4 nitrogen and oxygen atoms in total. The van der Waals surface area contributed by atoms with E-state index in [4.69, 9.17) is 4.42 Å². The quantitative estimate of drug-likeness (QED) is 0.703. The van der Waals surface area contributed by atoms with Gasteiger partial charge in [-0.2, -0.15) is 0 Å². The van der Waals surface area contributed by atoms with Gasteiger partial charge in [0.25, 0.3) is 0 Å². The van der Waals surface area contributed by atoms with Crippen molar-refractivity contribution in [1.29, 1.82) is 0 Å². The molecule has 0 N–H and O–H groups in total. The van der Waals surface area contributed by atoms with Crippen molar-refractivity contribution in [3.63, 3.8) is 0 Å². The van der Waals surface area contributed by atoms with Crippen LogP contribution in [0.15, 0.2) is 46.1 Å². The van der Waals surface area contributed by atoms with E-state index in [0.717, 1.165) is 0 Å². The molecule has 0 aromatic carbocycles. The zero-order chi connectivity index (χ0) is 12.7. The van der Waals surface area contributed by atoms with Gasteiger partial charge in [0.1, 0.15) is 11.5 Å². The van der Waals surface area contributed by atoms with Crippen molar-refractivity contribution in [2.45, 2.75) is 18.8 Å². The van der Waals surface area contributed by atoms with Gasteiger partial charge in [0, 0.05) is 24.0 Å². The van der Waals surface area contributed by atoms with E-state index in [1.54, 1.807) is 12.1 Å². The van der Waals surface area contributed by atoms with E-state index in [9.17, 15) is 14.4 Å². The number of rotatable bonds is 1. The predicted octanol–water partition coefficient (Wildman–Crippen LogP) is 1.73. The molecule has 0 radical (unpaired) electrons. The summed E-state index contributed by atoms with van der Waals surface area (Å²) in [7, 11) is 0. The van der Waals surface area contributed by atoms with Crippen LogP contribution < -0.4 is 0 Å². The highest BCUT2D eigenvalue weighted by Gasteiger charge is 2.37. The van der Waals surface area contributed by atoms with E-state index >= 15 is 0 Å². The number of carbonyl (C=O) groups excluding carboxylic acids is 3. The number of hydrogen-bond acceptors (Lipinski definition) is 4. The summed E-state index contributed by atoms with van der Waals surface area (Å²) in [4.78, 5) is 35.4. The number of ketones is 3. The summed E-state index contributed by atoms with van der Waals surface area (Å²) in [6, 6.07) is 3.43. The van der Waals surface area contributed by atoms with Crippen LogP contribution in [0.4, 0.5) is 0 Å². The average Bonchev–Trinajstić information content (AvgIpc) is 2.86. The summed E-state index contributed by atoms with van der Waals surface area (Å²) >= 11 is 0. The van der Waals surface area contributed by atoms with Crippen molar-refractivity contribution in [2.24, 2.45) is 0 Å². The molecule has 0 unspecified atom stereocenters. The van der Waals surface area contributed by atoms with Crippen molar-refractivity contribution >= 4 is 17.3 Å². The van der Waals surface area contributed by atoms with Crippen molar-refractivity contribution in [1.82, 2.24) is 0 Å². The smallest absolute Gasteiger partial charge is 0.183 e. The normalized spacial score (nSPS) is 23.6. The maximum Gasteiger partial charge on any atom is 0.183 e. The standard InChI is InChI=1S/C14H10O4/c15-8-6-9-11(16)3-4-12(17)14(9)10(7-8)13-2-1-5-18-13/h1-5,10H,6-7H2/t10-/m1/s1. The highest BCUT2D eigenvalue weighted by molar-refractivity contribution is 6.23. The van der Waals surface area contributed by atoms with Crippen LogP contribution in [0.3, 0.4) is 0 Å². The molecular weight excluding hydrogens is 232 g/mol. The second-order valence-corrected chi connectivity index (χ2v) is 4.44. The van der Waals surface area contributed by atoms with Crippen LogP contribution in [0.25, 0.3) is 0 Å². The van der Waals surface area contributed by atoms with Gasteiger partial charge in [0.05, 0.1) is 12.2 Å². The van der Waals surface area contributed by atoms with Crippen molar-refractivity contribution in [3.8, 4) is 0 Å². The van der Waals surface area contributed by atoms with E-state index in [1.165, 1.54) is 18.4 Å². The van der Waals surface area contributed by atoms with E-state index in [-0.39, 0.29) is 30.2 Å². The van der Waals surface area contributed by atoms with Crippen LogP contribution >= 0.6 is 0 Å². The maximum atomic E-state index is 11.9. The van der Waals surface area contributed by atoms with E-state index in [2.05, 4.69) is 0 Å². The molecule has 1 atom stereocenters. The van der Waals surface area contributed by atoms with Crippen LogP contribution in [-0.2, 0) is 14.4 Å². The Balaban J connectivity index is 2.14. The Morgan fingerprint density at radius 3 is 2.61 bits per heavy atom. The Morgan fingerprint density at radius 1 is 1.11 bits per heavy atom. The van der Waals surface area contributed by atoms with E-state index < -0.39 is 5.92 Å². The molecule has 1 heterocycles. The lowest BCUT2D eigenvalue weighted by molar-refractivity contribution is -0.122. The molecule has 4 heteroatoms. The number of allylic oxidation sites excluding steroid dienone is 4. The Labute approximate surface area is 103 Å². The van der Waals surface area contributed by atoms with Crippen LogP contribution in [0, 0.1) is 0 Å². The minimum atomic E-state index is -0.419. The first-order valence-corrected chi connectivity index (χ1v) is 5.71. The van der Waals surface area contributed by atoms with E-state index in [1.807, 2.05) is 0 Å². The molecule has 0 bridgehead atoms. The first-order valence-electron chi connectivity index (χ1n) is 5.71. The largest absolute Gasteiger partial charge is 0.469 e. The monoisotopic (exact) mass is 242 g/mol. The summed E-state index contributed by atoms with van der Waals surface area (Å²) in [5.74, 6) is -0.330. The van der Waals surface area contributed by atoms with Gasteiger partial charge in [-0.15, -0.1) is 0 Å². The number of furan rings is 1. The van der Waals surface area contributed by atoms with Gasteiger partial charge < -0.3 is 4.42 Å². The first-order chi connectivity index (χ1) is 8.66. The predicted molar refractivity (Wildman–Crippen MR) is 61.9 cm³/mol. The lowest BCUT2D eigenvalue weighted by atomic mass is 9.75.